The molecular formula is C18H25FN4O2. The van der Waals surface area contributed by atoms with Crippen molar-refractivity contribution < 1.29 is 13.9 Å². The van der Waals surface area contributed by atoms with E-state index < -0.39 is 5.82 Å². The summed E-state index contributed by atoms with van der Waals surface area (Å²) in [5.41, 5.74) is 1.10. The summed E-state index contributed by atoms with van der Waals surface area (Å²) in [4.78, 5) is 16.4. The average Bonchev–Trinajstić information content (AvgIpc) is 2.64. The number of anilines is 1. The topological polar surface area (TPSA) is 68.6 Å². The van der Waals surface area contributed by atoms with E-state index in [1.807, 2.05) is 13.0 Å². The van der Waals surface area contributed by atoms with Gasteiger partial charge in [0.25, 0.3) is 0 Å². The number of carbonyl (C=O) groups is 1. The molecule has 0 unspecified atom stereocenters. The molecule has 1 atom stereocenters. The fraction of sp³-hybridized carbons (Fsp3) is 0.556. The molecule has 1 aromatic rings. The molecule has 1 aliphatic heterocycles. The van der Waals surface area contributed by atoms with E-state index in [0.717, 1.165) is 25.2 Å². The molecule has 1 aliphatic rings. The summed E-state index contributed by atoms with van der Waals surface area (Å²) in [5.74, 6) is -0.387. The Bertz CT molecular complexity index is 624. The molecule has 6 nitrogen and oxygen atoms in total. The predicted octanol–water partition coefficient (Wildman–Crippen LogP) is 1.36. The second-order valence-electron chi connectivity index (χ2n) is 6.11. The largest absolute Gasteiger partial charge is 0.385 e. The molecule has 0 aromatic heterocycles. The fourth-order valence-corrected chi connectivity index (χ4v) is 2.97. The van der Waals surface area contributed by atoms with E-state index in [1.165, 1.54) is 12.1 Å². The number of carbonyl (C=O) groups excluding carboxylic acids is 1. The Morgan fingerprint density at radius 2 is 2.12 bits per heavy atom. The lowest BCUT2D eigenvalue weighted by atomic mass is 10.1. The van der Waals surface area contributed by atoms with E-state index in [2.05, 4.69) is 15.1 Å². The van der Waals surface area contributed by atoms with Gasteiger partial charge in [-0.25, -0.2) is 4.39 Å². The number of rotatable bonds is 7. The molecule has 7 heteroatoms. The Morgan fingerprint density at radius 3 is 2.76 bits per heavy atom. The van der Waals surface area contributed by atoms with Crippen molar-refractivity contribution in [2.45, 2.75) is 19.4 Å². The van der Waals surface area contributed by atoms with Crippen molar-refractivity contribution in [3.63, 3.8) is 0 Å². The van der Waals surface area contributed by atoms with Gasteiger partial charge in [0.2, 0.25) is 5.91 Å². The normalized spacial score (nSPS) is 16.3. The van der Waals surface area contributed by atoms with Crippen molar-refractivity contribution in [2.24, 2.45) is 0 Å². The zero-order valence-electron chi connectivity index (χ0n) is 14.8. The van der Waals surface area contributed by atoms with Gasteiger partial charge in [0, 0.05) is 46.4 Å². The van der Waals surface area contributed by atoms with Gasteiger partial charge in [-0.05, 0) is 31.5 Å². The van der Waals surface area contributed by atoms with Gasteiger partial charge in [-0.2, -0.15) is 5.26 Å². The average molecular weight is 348 g/mol. The van der Waals surface area contributed by atoms with Crippen LogP contribution in [0.1, 0.15) is 18.9 Å². The quantitative estimate of drug-likeness (QED) is 0.754. The number of piperazine rings is 1. The second kappa shape index (κ2) is 9.35. The molecule has 2 rings (SSSR count). The number of methoxy groups -OCH3 is 1. The number of hydrogen-bond donors (Lipinski definition) is 1. The summed E-state index contributed by atoms with van der Waals surface area (Å²) in [6, 6.07) is 6.13. The summed E-state index contributed by atoms with van der Waals surface area (Å²) in [7, 11) is 1.64. The predicted molar refractivity (Wildman–Crippen MR) is 93.9 cm³/mol. The molecule has 1 N–H and O–H groups in total. The van der Waals surface area contributed by atoms with Crippen LogP contribution in [-0.2, 0) is 9.53 Å². The van der Waals surface area contributed by atoms with Gasteiger partial charge in [0.05, 0.1) is 17.3 Å². The highest BCUT2D eigenvalue weighted by Gasteiger charge is 2.26. The molecule has 1 aromatic carbocycles. The van der Waals surface area contributed by atoms with E-state index in [-0.39, 0.29) is 11.9 Å². The molecule has 0 spiro atoms. The lowest BCUT2D eigenvalue weighted by molar-refractivity contribution is -0.126. The number of nitrogens with zero attached hydrogens (tertiary/aromatic N) is 3. The molecule has 0 aliphatic carbocycles. The maximum Gasteiger partial charge on any atom is 0.237 e. The van der Waals surface area contributed by atoms with Gasteiger partial charge in [0.1, 0.15) is 11.9 Å². The van der Waals surface area contributed by atoms with Crippen LogP contribution in [0.2, 0.25) is 0 Å². The maximum absolute atomic E-state index is 13.3. The van der Waals surface area contributed by atoms with Crippen LogP contribution >= 0.6 is 0 Å². The summed E-state index contributed by atoms with van der Waals surface area (Å²) < 4.78 is 18.2. The third kappa shape index (κ3) is 5.15. The first-order valence-corrected chi connectivity index (χ1v) is 8.52. The SMILES string of the molecule is COCCCNC(=O)[C@@H](C)N1CCN(c2ccc(F)cc2C#N)CC1. The molecule has 0 bridgehead atoms. The highest BCUT2D eigenvalue weighted by atomic mass is 19.1. The number of nitriles is 1. The van der Waals surface area contributed by atoms with Gasteiger partial charge in [-0.15, -0.1) is 0 Å². The van der Waals surface area contributed by atoms with Gasteiger partial charge in [-0.1, -0.05) is 0 Å². The van der Waals surface area contributed by atoms with Gasteiger partial charge in [-0.3, -0.25) is 9.69 Å². The summed E-state index contributed by atoms with van der Waals surface area (Å²) >= 11 is 0. The molecule has 0 radical (unpaired) electrons. The van der Waals surface area contributed by atoms with Crippen LogP contribution < -0.4 is 10.2 Å². The molecule has 1 fully saturated rings. The monoisotopic (exact) mass is 348 g/mol. The molecule has 136 valence electrons. The van der Waals surface area contributed by atoms with Crippen LogP contribution in [0, 0.1) is 17.1 Å². The smallest absolute Gasteiger partial charge is 0.237 e. The van der Waals surface area contributed by atoms with E-state index in [4.69, 9.17) is 4.74 Å². The first kappa shape index (κ1) is 19.2. The summed E-state index contributed by atoms with van der Waals surface area (Å²) in [5, 5.41) is 12.1. The van der Waals surface area contributed by atoms with Gasteiger partial charge >= 0.3 is 0 Å². The Morgan fingerprint density at radius 1 is 1.40 bits per heavy atom. The zero-order valence-corrected chi connectivity index (χ0v) is 14.8. The first-order valence-electron chi connectivity index (χ1n) is 8.52. The minimum atomic E-state index is -0.405. The van der Waals surface area contributed by atoms with Gasteiger partial charge < -0.3 is 15.0 Å². The Labute approximate surface area is 148 Å². The van der Waals surface area contributed by atoms with Crippen molar-refractivity contribution in [2.75, 3.05) is 51.3 Å². The van der Waals surface area contributed by atoms with E-state index in [9.17, 15) is 14.4 Å². The molecule has 1 saturated heterocycles. The van der Waals surface area contributed by atoms with Crippen molar-refractivity contribution in [1.29, 1.82) is 5.26 Å². The summed E-state index contributed by atoms with van der Waals surface area (Å²) in [6.45, 7) is 5.97. The number of nitrogens with one attached hydrogen (secondary N) is 1. The van der Waals surface area contributed by atoms with Crippen LogP contribution in [0.25, 0.3) is 0 Å². The number of halogens is 1. The Balaban J connectivity index is 1.87. The standard InChI is InChI=1S/C18H25FN4O2/c1-14(18(24)21-6-3-11-25-2)22-7-9-23(10-8-22)17-5-4-16(19)12-15(17)13-20/h4-5,12,14H,3,6-11H2,1-2H3,(H,21,24)/t14-/m1/s1. The Hall–Kier alpha value is -2.17. The minimum absolute atomic E-state index is 0.0176. The second-order valence-corrected chi connectivity index (χ2v) is 6.11. The fourth-order valence-electron chi connectivity index (χ4n) is 2.97. The lowest BCUT2D eigenvalue weighted by Crippen LogP contribution is -2.54. The maximum atomic E-state index is 13.3. The van der Waals surface area contributed by atoms with Crippen molar-refractivity contribution in [3.8, 4) is 6.07 Å². The molecule has 0 saturated carbocycles. The Kier molecular flexibility index (Phi) is 7.16. The zero-order chi connectivity index (χ0) is 18.2. The van der Waals surface area contributed by atoms with Crippen LogP contribution in [0.4, 0.5) is 10.1 Å². The number of amides is 1. The number of hydrogen-bond acceptors (Lipinski definition) is 5. The third-order valence-electron chi connectivity index (χ3n) is 4.49. The van der Waals surface area contributed by atoms with E-state index >= 15 is 0 Å². The molecular weight excluding hydrogens is 323 g/mol. The van der Waals surface area contributed by atoms with Crippen LogP contribution in [-0.4, -0.2) is 63.3 Å². The lowest BCUT2D eigenvalue weighted by Gasteiger charge is -2.38. The van der Waals surface area contributed by atoms with E-state index in [0.29, 0.717) is 31.8 Å². The first-order chi connectivity index (χ1) is 12.1. The highest BCUT2D eigenvalue weighted by Crippen LogP contribution is 2.22. The molecule has 1 heterocycles. The summed E-state index contributed by atoms with van der Waals surface area (Å²) in [6.07, 6.45) is 0.796. The molecule has 25 heavy (non-hydrogen) atoms. The van der Waals surface area contributed by atoms with E-state index in [1.54, 1.807) is 13.2 Å². The number of ether oxygens (including phenoxy) is 1. The van der Waals surface area contributed by atoms with Crippen molar-refractivity contribution in [1.82, 2.24) is 10.2 Å². The van der Waals surface area contributed by atoms with Crippen LogP contribution in [0.5, 0.6) is 0 Å². The van der Waals surface area contributed by atoms with Crippen LogP contribution in [0.3, 0.4) is 0 Å². The highest BCUT2D eigenvalue weighted by molar-refractivity contribution is 5.81. The van der Waals surface area contributed by atoms with Crippen molar-refractivity contribution in [3.05, 3.63) is 29.6 Å². The molecule has 1 amide bonds. The third-order valence-corrected chi connectivity index (χ3v) is 4.49. The van der Waals surface area contributed by atoms with Crippen molar-refractivity contribution >= 4 is 11.6 Å². The van der Waals surface area contributed by atoms with Gasteiger partial charge in [0.15, 0.2) is 0 Å². The number of benzene rings is 1. The van der Waals surface area contributed by atoms with Crippen LogP contribution in [0.15, 0.2) is 18.2 Å². The minimum Gasteiger partial charge on any atom is -0.385 e.